The summed E-state index contributed by atoms with van der Waals surface area (Å²) < 4.78 is 0. The van der Waals surface area contributed by atoms with Crippen LogP contribution in [0.4, 0.5) is 0 Å². The predicted molar refractivity (Wildman–Crippen MR) is 30.5 cm³/mol. The van der Waals surface area contributed by atoms with Gasteiger partial charge in [-0.15, -0.1) is 0 Å². The van der Waals surface area contributed by atoms with Crippen LogP contribution in [0.2, 0.25) is 0 Å². The van der Waals surface area contributed by atoms with Crippen molar-refractivity contribution in [1.82, 2.24) is 16.8 Å². The van der Waals surface area contributed by atoms with Gasteiger partial charge < -0.3 is 0 Å². The van der Waals surface area contributed by atoms with Crippen molar-refractivity contribution < 1.29 is 19.5 Å². The van der Waals surface area contributed by atoms with Crippen molar-refractivity contribution >= 4 is 0 Å². The van der Waals surface area contributed by atoms with Gasteiger partial charge in [-0.2, -0.15) is 4.94 Å². The van der Waals surface area contributed by atoms with E-state index in [1.165, 1.54) is 7.11 Å². The van der Waals surface area contributed by atoms with Crippen LogP contribution in [0.3, 0.4) is 0 Å². The Morgan fingerprint density at radius 3 is 2.60 bits per heavy atom. The molecule has 7 nitrogen and oxygen atoms in total. The van der Waals surface area contributed by atoms with Gasteiger partial charge in [-0.05, 0) is 0 Å². The van der Waals surface area contributed by atoms with Crippen LogP contribution in [0.1, 0.15) is 0 Å². The highest BCUT2D eigenvalue weighted by Crippen LogP contribution is 1.65. The summed E-state index contributed by atoms with van der Waals surface area (Å²) in [5.41, 5.74) is 6.42. The molecule has 0 spiro atoms. The fraction of sp³-hybridized carbons (Fsp3) is 1.00. The predicted octanol–water partition coefficient (Wildman–Crippen LogP) is -1.39. The lowest BCUT2D eigenvalue weighted by Crippen LogP contribution is -2.27. The van der Waals surface area contributed by atoms with E-state index in [1.54, 1.807) is 7.05 Å². The zero-order chi connectivity index (χ0) is 7.66. The third-order valence-corrected chi connectivity index (χ3v) is 0.488. The first-order chi connectivity index (χ1) is 4.91. The minimum absolute atomic E-state index is 0.0158. The van der Waals surface area contributed by atoms with Gasteiger partial charge in [0, 0.05) is 7.05 Å². The summed E-state index contributed by atoms with van der Waals surface area (Å²) in [7, 11) is 3.00. The number of hydrogen-bond donors (Lipinski definition) is 3. The second-order valence-corrected chi connectivity index (χ2v) is 1.08. The van der Waals surface area contributed by atoms with Crippen LogP contribution < -0.4 is 16.8 Å². The molecule has 0 saturated carbocycles. The van der Waals surface area contributed by atoms with Crippen LogP contribution in [-0.2, 0) is 19.5 Å². The smallest absolute Gasteiger partial charge is 0.189 e. The second-order valence-electron chi connectivity index (χ2n) is 1.08. The van der Waals surface area contributed by atoms with E-state index in [2.05, 4.69) is 24.9 Å². The molecular formula is C3H11N3O4. The lowest BCUT2D eigenvalue weighted by atomic mass is 11.5. The van der Waals surface area contributed by atoms with E-state index in [1.807, 2.05) is 11.3 Å². The van der Waals surface area contributed by atoms with E-state index >= 15 is 0 Å². The Bertz CT molecular complexity index is 55.7. The van der Waals surface area contributed by atoms with E-state index in [0.717, 1.165) is 0 Å². The zero-order valence-corrected chi connectivity index (χ0v) is 5.84. The first-order valence-electron chi connectivity index (χ1n) is 2.51. The van der Waals surface area contributed by atoms with Crippen LogP contribution in [-0.4, -0.2) is 21.0 Å². The van der Waals surface area contributed by atoms with Crippen molar-refractivity contribution in [3.8, 4) is 0 Å². The Balaban J connectivity index is 2.65. The van der Waals surface area contributed by atoms with Gasteiger partial charge in [0.15, 0.2) is 6.79 Å². The molecule has 0 amide bonds. The lowest BCUT2D eigenvalue weighted by molar-refractivity contribution is -0.305. The maximum atomic E-state index is 4.53. The molecule has 0 aromatic heterocycles. The first kappa shape index (κ1) is 9.72. The average molecular weight is 153 g/mol. The summed E-state index contributed by atoms with van der Waals surface area (Å²) in [6, 6.07) is 0. The summed E-state index contributed by atoms with van der Waals surface area (Å²) in [4.78, 5) is 17.6. The molecule has 10 heavy (non-hydrogen) atoms. The standard InChI is InChI=1S/C3H11N3O4/c1-4-8-3-9-6-10-5-7-2/h4-6H,3H2,1-2H3. The van der Waals surface area contributed by atoms with Crippen molar-refractivity contribution in [2.24, 2.45) is 0 Å². The molecule has 0 aromatic carbocycles. The zero-order valence-electron chi connectivity index (χ0n) is 5.84. The Morgan fingerprint density at radius 1 is 1.20 bits per heavy atom. The highest BCUT2D eigenvalue weighted by atomic mass is 17.1. The van der Waals surface area contributed by atoms with Crippen LogP contribution in [0.25, 0.3) is 0 Å². The van der Waals surface area contributed by atoms with Gasteiger partial charge in [-0.3, -0.25) is 9.68 Å². The van der Waals surface area contributed by atoms with Crippen molar-refractivity contribution in [2.45, 2.75) is 0 Å². The third kappa shape index (κ3) is 7.72. The number of hydroxylamine groups is 1. The van der Waals surface area contributed by atoms with E-state index in [9.17, 15) is 0 Å². The van der Waals surface area contributed by atoms with Gasteiger partial charge in [0.05, 0.1) is 7.11 Å². The quantitative estimate of drug-likeness (QED) is 0.236. The first-order valence-corrected chi connectivity index (χ1v) is 2.51. The lowest BCUT2D eigenvalue weighted by Gasteiger charge is -2.03. The Hall–Kier alpha value is -0.280. The monoisotopic (exact) mass is 153 g/mol. The molecule has 7 heteroatoms. The molecule has 0 atom stereocenters. The Morgan fingerprint density at radius 2 is 2.00 bits per heavy atom. The number of rotatable bonds is 7. The van der Waals surface area contributed by atoms with Gasteiger partial charge >= 0.3 is 0 Å². The van der Waals surface area contributed by atoms with Crippen molar-refractivity contribution in [1.29, 1.82) is 0 Å². The second kappa shape index (κ2) is 8.72. The number of hydrogen-bond acceptors (Lipinski definition) is 7. The van der Waals surface area contributed by atoms with Gasteiger partial charge in [0.1, 0.15) is 0 Å². The van der Waals surface area contributed by atoms with Gasteiger partial charge in [0.2, 0.25) is 0 Å². The molecule has 0 fully saturated rings. The van der Waals surface area contributed by atoms with Crippen molar-refractivity contribution in [2.75, 3.05) is 21.0 Å². The molecule has 3 N–H and O–H groups in total. The molecule has 62 valence electrons. The molecule has 0 aliphatic carbocycles. The highest BCUT2D eigenvalue weighted by molar-refractivity contribution is 3.89. The molecule has 0 radical (unpaired) electrons. The molecule has 0 aliphatic heterocycles. The maximum absolute atomic E-state index is 4.53. The van der Waals surface area contributed by atoms with Crippen LogP contribution in [0, 0.1) is 0 Å². The van der Waals surface area contributed by atoms with Crippen LogP contribution in [0.5, 0.6) is 0 Å². The summed E-state index contributed by atoms with van der Waals surface area (Å²) in [6.07, 6.45) is 0. The van der Waals surface area contributed by atoms with Gasteiger partial charge in [-0.1, -0.05) is 11.3 Å². The Kier molecular flexibility index (Phi) is 8.48. The molecule has 0 heterocycles. The molecule has 0 bridgehead atoms. The largest absolute Gasteiger partial charge is 0.279 e. The molecule has 0 saturated heterocycles. The molecule has 0 aromatic rings. The van der Waals surface area contributed by atoms with E-state index in [0.29, 0.717) is 0 Å². The van der Waals surface area contributed by atoms with Crippen molar-refractivity contribution in [3.05, 3.63) is 0 Å². The molecular weight excluding hydrogens is 142 g/mol. The summed E-state index contributed by atoms with van der Waals surface area (Å²) in [5, 5.41) is 0. The minimum atomic E-state index is 0.0158. The number of nitrogens with one attached hydrogen (secondary N) is 3. The topological polar surface area (TPSA) is 73.0 Å². The highest BCUT2D eigenvalue weighted by Gasteiger charge is 1.83. The maximum Gasteiger partial charge on any atom is 0.189 e. The van der Waals surface area contributed by atoms with E-state index in [-0.39, 0.29) is 6.79 Å². The third-order valence-electron chi connectivity index (χ3n) is 0.488. The average Bonchev–Trinajstić information content (AvgIpc) is 1.97. The molecule has 0 unspecified atom stereocenters. The fourth-order valence-corrected chi connectivity index (χ4v) is 0.201. The van der Waals surface area contributed by atoms with E-state index in [4.69, 9.17) is 0 Å². The molecule has 0 rings (SSSR count). The Labute approximate surface area is 58.3 Å². The summed E-state index contributed by atoms with van der Waals surface area (Å²) in [6.45, 7) is 0.0158. The fourth-order valence-electron chi connectivity index (χ4n) is 0.201. The van der Waals surface area contributed by atoms with Crippen LogP contribution >= 0.6 is 0 Å². The SMILES string of the molecule is CNOCONONOC. The normalized spacial score (nSPS) is 10.2. The van der Waals surface area contributed by atoms with Crippen LogP contribution in [0.15, 0.2) is 0 Å². The van der Waals surface area contributed by atoms with Crippen molar-refractivity contribution in [3.63, 3.8) is 0 Å². The van der Waals surface area contributed by atoms with Gasteiger partial charge in [0.25, 0.3) is 0 Å². The van der Waals surface area contributed by atoms with E-state index < -0.39 is 0 Å². The minimum Gasteiger partial charge on any atom is -0.279 e. The molecule has 0 aliphatic rings. The summed E-state index contributed by atoms with van der Waals surface area (Å²) in [5.74, 6) is 0. The van der Waals surface area contributed by atoms with Gasteiger partial charge in [-0.25, -0.2) is 10.3 Å². The summed E-state index contributed by atoms with van der Waals surface area (Å²) >= 11 is 0.